The predicted octanol–water partition coefficient (Wildman–Crippen LogP) is 4.92. The molecule has 3 aliphatic heterocycles. The maximum atomic E-state index is 13.7. The van der Waals surface area contributed by atoms with Gasteiger partial charge in [-0.05, 0) is 38.8 Å². The van der Waals surface area contributed by atoms with Crippen LogP contribution in [0.15, 0.2) is 57.5 Å². The number of hydrogen-bond acceptors (Lipinski definition) is 4. The summed E-state index contributed by atoms with van der Waals surface area (Å²) in [5.41, 5.74) is 0.278. The SMILES string of the molecule is CC[C@]1(c2cccc(C(F)(F)F)c2)C2=CN=NC2NC2=C1C(=O)N(C(C)(C)C)CC2. The van der Waals surface area contributed by atoms with Crippen LogP contribution < -0.4 is 5.32 Å². The lowest BCUT2D eigenvalue weighted by molar-refractivity contribution is -0.137. The van der Waals surface area contributed by atoms with Gasteiger partial charge in [-0.15, -0.1) is 0 Å². The van der Waals surface area contributed by atoms with Crippen molar-refractivity contribution in [2.24, 2.45) is 10.2 Å². The first-order valence-corrected chi connectivity index (χ1v) is 10.1. The molecule has 0 aliphatic carbocycles. The molecule has 4 rings (SSSR count). The van der Waals surface area contributed by atoms with Crippen molar-refractivity contribution in [2.45, 2.75) is 63.8 Å². The third-order valence-corrected chi connectivity index (χ3v) is 6.27. The fraction of sp³-hybridized carbons (Fsp3) is 0.500. The van der Waals surface area contributed by atoms with Crippen molar-refractivity contribution in [3.05, 3.63) is 58.4 Å². The molecule has 0 saturated heterocycles. The topological polar surface area (TPSA) is 57.1 Å². The number of hydrogen-bond donors (Lipinski definition) is 1. The Hall–Kier alpha value is -2.64. The van der Waals surface area contributed by atoms with Crippen LogP contribution in [0, 0.1) is 0 Å². The van der Waals surface area contributed by atoms with Gasteiger partial charge in [0.2, 0.25) is 0 Å². The molecule has 1 aromatic carbocycles. The Bertz CT molecular complexity index is 987. The maximum Gasteiger partial charge on any atom is 0.416 e. The van der Waals surface area contributed by atoms with Gasteiger partial charge in [-0.25, -0.2) is 0 Å². The summed E-state index contributed by atoms with van der Waals surface area (Å²) >= 11 is 0. The number of halogens is 3. The van der Waals surface area contributed by atoms with E-state index < -0.39 is 28.9 Å². The van der Waals surface area contributed by atoms with Gasteiger partial charge in [0.25, 0.3) is 5.91 Å². The van der Waals surface area contributed by atoms with E-state index in [1.807, 2.05) is 27.7 Å². The average Bonchev–Trinajstić information content (AvgIpc) is 3.13. The van der Waals surface area contributed by atoms with E-state index in [0.717, 1.165) is 11.8 Å². The normalized spacial score (nSPS) is 26.4. The molecule has 8 heteroatoms. The van der Waals surface area contributed by atoms with E-state index in [9.17, 15) is 18.0 Å². The van der Waals surface area contributed by atoms with Crippen molar-refractivity contribution in [1.82, 2.24) is 10.2 Å². The zero-order valence-corrected chi connectivity index (χ0v) is 17.5. The van der Waals surface area contributed by atoms with Crippen molar-refractivity contribution in [3.63, 3.8) is 0 Å². The number of azo groups is 1. The first-order valence-electron chi connectivity index (χ1n) is 10.1. The van der Waals surface area contributed by atoms with Crippen LogP contribution in [-0.2, 0) is 16.4 Å². The second-order valence-electron chi connectivity index (χ2n) is 8.93. The van der Waals surface area contributed by atoms with E-state index in [2.05, 4.69) is 15.5 Å². The molecule has 2 atom stereocenters. The number of carbonyl (C=O) groups excluding carboxylic acids is 1. The van der Waals surface area contributed by atoms with Crippen LogP contribution in [0.5, 0.6) is 0 Å². The van der Waals surface area contributed by atoms with Crippen LogP contribution in [0.25, 0.3) is 0 Å². The smallest absolute Gasteiger partial charge is 0.362 e. The highest BCUT2D eigenvalue weighted by Crippen LogP contribution is 2.52. The number of benzene rings is 1. The third-order valence-electron chi connectivity index (χ3n) is 6.27. The van der Waals surface area contributed by atoms with Gasteiger partial charge in [0.15, 0.2) is 6.17 Å². The molecular formula is C22H25F3N4O. The van der Waals surface area contributed by atoms with Crippen molar-refractivity contribution in [2.75, 3.05) is 6.54 Å². The summed E-state index contributed by atoms with van der Waals surface area (Å²) in [4.78, 5) is 15.5. The van der Waals surface area contributed by atoms with Gasteiger partial charge in [-0.2, -0.15) is 23.4 Å². The molecular weight excluding hydrogens is 393 g/mol. The number of alkyl halides is 3. The van der Waals surface area contributed by atoms with E-state index in [1.165, 1.54) is 12.1 Å². The molecule has 5 nitrogen and oxygen atoms in total. The molecule has 0 saturated carbocycles. The Balaban J connectivity index is 1.97. The second-order valence-corrected chi connectivity index (χ2v) is 8.93. The van der Waals surface area contributed by atoms with Crippen molar-refractivity contribution >= 4 is 5.91 Å². The molecule has 0 bridgehead atoms. The molecule has 3 aliphatic rings. The number of amides is 1. The minimum absolute atomic E-state index is 0.151. The molecule has 1 N–H and O–H groups in total. The van der Waals surface area contributed by atoms with Crippen LogP contribution in [0.1, 0.15) is 51.7 Å². The summed E-state index contributed by atoms with van der Waals surface area (Å²) < 4.78 is 40.5. The maximum absolute atomic E-state index is 13.7. The highest BCUT2D eigenvalue weighted by atomic mass is 19.4. The van der Waals surface area contributed by atoms with Crippen LogP contribution >= 0.6 is 0 Å². The Labute approximate surface area is 173 Å². The second kappa shape index (κ2) is 6.68. The fourth-order valence-corrected chi connectivity index (χ4v) is 4.85. The lowest BCUT2D eigenvalue weighted by Gasteiger charge is -2.49. The quantitative estimate of drug-likeness (QED) is 0.741. The van der Waals surface area contributed by atoms with Gasteiger partial charge < -0.3 is 10.2 Å². The lowest BCUT2D eigenvalue weighted by Crippen LogP contribution is -2.57. The van der Waals surface area contributed by atoms with E-state index in [1.54, 1.807) is 17.2 Å². The highest BCUT2D eigenvalue weighted by Gasteiger charge is 2.53. The highest BCUT2D eigenvalue weighted by molar-refractivity contribution is 5.99. The number of rotatable bonds is 2. The van der Waals surface area contributed by atoms with Crippen LogP contribution in [-0.4, -0.2) is 29.1 Å². The van der Waals surface area contributed by atoms with E-state index in [4.69, 9.17) is 0 Å². The molecule has 1 unspecified atom stereocenters. The lowest BCUT2D eigenvalue weighted by atomic mass is 9.62. The zero-order chi connectivity index (χ0) is 21.9. The molecule has 1 aromatic rings. The Kier molecular flexibility index (Phi) is 4.60. The zero-order valence-electron chi connectivity index (χ0n) is 17.5. The number of carbonyl (C=O) groups is 1. The molecule has 0 radical (unpaired) electrons. The minimum Gasteiger partial charge on any atom is -0.362 e. The van der Waals surface area contributed by atoms with Gasteiger partial charge in [0.1, 0.15) is 0 Å². The standard InChI is InChI=1S/C22H25F3N4O/c1-5-21(13-7-6-8-14(11-13)22(23,24)25)15-12-26-28-18(15)27-16-9-10-29(20(2,3)4)19(30)17(16)21/h6-8,11-12,18,27H,5,9-10H2,1-4H3/t18?,21-/m0/s1. The number of nitrogens with zero attached hydrogens (tertiary/aromatic N) is 3. The number of nitrogens with one attached hydrogen (secondary N) is 1. The van der Waals surface area contributed by atoms with Crippen LogP contribution in [0.2, 0.25) is 0 Å². The van der Waals surface area contributed by atoms with Crippen LogP contribution in [0.3, 0.4) is 0 Å². The summed E-state index contributed by atoms with van der Waals surface area (Å²) in [7, 11) is 0. The predicted molar refractivity (Wildman–Crippen MR) is 106 cm³/mol. The first kappa shape index (κ1) is 20.6. The summed E-state index contributed by atoms with van der Waals surface area (Å²) in [6, 6.07) is 5.31. The minimum atomic E-state index is -4.47. The van der Waals surface area contributed by atoms with Gasteiger partial charge in [-0.3, -0.25) is 4.79 Å². The fourth-order valence-electron chi connectivity index (χ4n) is 4.85. The molecule has 30 heavy (non-hydrogen) atoms. The third kappa shape index (κ3) is 2.96. The molecule has 0 spiro atoms. The van der Waals surface area contributed by atoms with Crippen molar-refractivity contribution in [3.8, 4) is 0 Å². The monoisotopic (exact) mass is 418 g/mol. The molecule has 1 amide bonds. The van der Waals surface area contributed by atoms with Gasteiger partial charge in [0, 0.05) is 29.8 Å². The van der Waals surface area contributed by atoms with E-state index in [0.29, 0.717) is 36.1 Å². The van der Waals surface area contributed by atoms with Crippen molar-refractivity contribution < 1.29 is 18.0 Å². The largest absolute Gasteiger partial charge is 0.416 e. The molecule has 0 aromatic heterocycles. The first-order chi connectivity index (χ1) is 14.0. The number of fused-ring (bicyclic) bond motifs is 1. The van der Waals surface area contributed by atoms with Gasteiger partial charge in [-0.1, -0.05) is 25.1 Å². The van der Waals surface area contributed by atoms with E-state index >= 15 is 0 Å². The summed E-state index contributed by atoms with van der Waals surface area (Å²) in [6.07, 6.45) is -2.33. The molecule has 3 heterocycles. The summed E-state index contributed by atoms with van der Waals surface area (Å²) in [5.74, 6) is -0.151. The molecule has 0 fully saturated rings. The van der Waals surface area contributed by atoms with Gasteiger partial charge >= 0.3 is 6.18 Å². The van der Waals surface area contributed by atoms with Crippen molar-refractivity contribution in [1.29, 1.82) is 0 Å². The average molecular weight is 418 g/mol. The van der Waals surface area contributed by atoms with Crippen LogP contribution in [0.4, 0.5) is 13.2 Å². The summed E-state index contributed by atoms with van der Waals surface area (Å²) in [6.45, 7) is 8.34. The van der Waals surface area contributed by atoms with Gasteiger partial charge in [0.05, 0.1) is 22.8 Å². The van der Waals surface area contributed by atoms with E-state index in [-0.39, 0.29) is 5.91 Å². The molecule has 160 valence electrons. The Morgan fingerprint density at radius 2 is 2.00 bits per heavy atom. The summed E-state index contributed by atoms with van der Waals surface area (Å²) in [5, 5.41) is 11.6. The Morgan fingerprint density at radius 3 is 2.63 bits per heavy atom. The Morgan fingerprint density at radius 1 is 1.27 bits per heavy atom.